The fourth-order valence-electron chi connectivity index (χ4n) is 3.98. The third-order valence-corrected chi connectivity index (χ3v) is 5.74. The molecular formula is C23H25N5O3. The number of likely N-dealkylation sites (tertiary alicyclic amines) is 1. The molecule has 31 heavy (non-hydrogen) atoms. The lowest BCUT2D eigenvalue weighted by Crippen LogP contribution is -2.42. The van der Waals surface area contributed by atoms with E-state index in [-0.39, 0.29) is 29.8 Å². The molecule has 3 heterocycles. The van der Waals surface area contributed by atoms with Crippen molar-refractivity contribution in [1.82, 2.24) is 25.0 Å². The van der Waals surface area contributed by atoms with E-state index in [1.165, 1.54) is 4.68 Å². The minimum Gasteiger partial charge on any atom is -0.350 e. The Hall–Kier alpha value is -3.55. The molecule has 1 aromatic carbocycles. The van der Waals surface area contributed by atoms with Gasteiger partial charge in [-0.15, -0.1) is 0 Å². The zero-order valence-corrected chi connectivity index (χ0v) is 17.5. The average molecular weight is 419 g/mol. The van der Waals surface area contributed by atoms with Crippen LogP contribution in [0.25, 0.3) is 10.8 Å². The first-order valence-corrected chi connectivity index (χ1v) is 10.4. The molecule has 0 saturated carbocycles. The number of benzene rings is 1. The fraction of sp³-hybridized carbons (Fsp3) is 0.348. The zero-order chi connectivity index (χ0) is 21.8. The molecule has 0 unspecified atom stereocenters. The Morgan fingerprint density at radius 3 is 2.52 bits per heavy atom. The van der Waals surface area contributed by atoms with Crippen LogP contribution >= 0.6 is 0 Å². The Labute approximate surface area is 179 Å². The van der Waals surface area contributed by atoms with Crippen LogP contribution in [-0.2, 0) is 22.7 Å². The predicted octanol–water partition coefficient (Wildman–Crippen LogP) is 1.71. The molecule has 0 spiro atoms. The second-order valence-electron chi connectivity index (χ2n) is 7.81. The average Bonchev–Trinajstić information content (AvgIpc) is 2.80. The summed E-state index contributed by atoms with van der Waals surface area (Å²) in [6.45, 7) is 3.30. The predicted molar refractivity (Wildman–Crippen MR) is 116 cm³/mol. The van der Waals surface area contributed by atoms with Gasteiger partial charge >= 0.3 is 0 Å². The molecule has 0 radical (unpaired) electrons. The summed E-state index contributed by atoms with van der Waals surface area (Å²) in [6.07, 6.45) is 4.69. The number of piperidine rings is 1. The molecule has 8 nitrogen and oxygen atoms in total. The number of amides is 2. The van der Waals surface area contributed by atoms with Crippen molar-refractivity contribution in [2.75, 3.05) is 13.1 Å². The molecule has 8 heteroatoms. The van der Waals surface area contributed by atoms with Crippen molar-refractivity contribution >= 4 is 22.6 Å². The van der Waals surface area contributed by atoms with E-state index in [4.69, 9.17) is 0 Å². The van der Waals surface area contributed by atoms with Gasteiger partial charge in [-0.1, -0.05) is 24.3 Å². The van der Waals surface area contributed by atoms with Crippen molar-refractivity contribution in [3.05, 3.63) is 70.4 Å². The quantitative estimate of drug-likeness (QED) is 0.679. The maximum Gasteiger partial charge on any atom is 0.274 e. The van der Waals surface area contributed by atoms with E-state index in [0.29, 0.717) is 43.6 Å². The highest BCUT2D eigenvalue weighted by molar-refractivity contribution is 5.84. The van der Waals surface area contributed by atoms with Crippen molar-refractivity contribution < 1.29 is 9.59 Å². The number of nitrogens with zero attached hydrogens (tertiary/aromatic N) is 4. The molecule has 2 aromatic heterocycles. The highest BCUT2D eigenvalue weighted by Gasteiger charge is 2.26. The van der Waals surface area contributed by atoms with Crippen LogP contribution in [0.1, 0.15) is 31.0 Å². The molecule has 1 aliphatic rings. The second-order valence-corrected chi connectivity index (χ2v) is 7.81. The summed E-state index contributed by atoms with van der Waals surface area (Å²) in [5.41, 5.74) is 1.35. The summed E-state index contributed by atoms with van der Waals surface area (Å²) in [7, 11) is 0. The lowest BCUT2D eigenvalue weighted by atomic mass is 9.96. The minimum atomic E-state index is -0.175. The van der Waals surface area contributed by atoms with Crippen LogP contribution in [0.3, 0.4) is 0 Å². The molecule has 1 aliphatic heterocycles. The van der Waals surface area contributed by atoms with Crippen molar-refractivity contribution in [1.29, 1.82) is 0 Å². The lowest BCUT2D eigenvalue weighted by Gasteiger charge is -2.30. The van der Waals surface area contributed by atoms with Gasteiger partial charge in [-0.3, -0.25) is 19.4 Å². The Bertz CT molecular complexity index is 1150. The number of rotatable bonds is 5. The second kappa shape index (κ2) is 9.07. The number of hydrogen-bond donors (Lipinski definition) is 1. The molecule has 0 aliphatic carbocycles. The zero-order valence-electron chi connectivity index (χ0n) is 17.5. The van der Waals surface area contributed by atoms with E-state index in [1.807, 2.05) is 30.3 Å². The Balaban J connectivity index is 1.53. The van der Waals surface area contributed by atoms with Gasteiger partial charge in [0.2, 0.25) is 11.8 Å². The van der Waals surface area contributed by atoms with E-state index in [9.17, 15) is 14.4 Å². The number of hydrogen-bond acceptors (Lipinski definition) is 5. The summed E-state index contributed by atoms with van der Waals surface area (Å²) in [5.74, 6) is -0.118. The SMILES string of the molecule is CC(=O)N1CCC(C(=O)NCc2nn(Cc3cccnc3)c(=O)c3ccccc23)CC1. The Morgan fingerprint density at radius 2 is 1.84 bits per heavy atom. The van der Waals surface area contributed by atoms with Crippen molar-refractivity contribution in [2.45, 2.75) is 32.9 Å². The molecule has 4 rings (SSSR count). The molecule has 1 N–H and O–H groups in total. The van der Waals surface area contributed by atoms with Crippen LogP contribution in [-0.4, -0.2) is 44.6 Å². The largest absolute Gasteiger partial charge is 0.350 e. The number of fused-ring (bicyclic) bond motifs is 1. The van der Waals surface area contributed by atoms with Crippen LogP contribution in [0, 0.1) is 5.92 Å². The first-order valence-electron chi connectivity index (χ1n) is 10.4. The Kier molecular flexibility index (Phi) is 6.06. The van der Waals surface area contributed by atoms with Gasteiger partial charge in [0, 0.05) is 43.7 Å². The van der Waals surface area contributed by atoms with Gasteiger partial charge in [0.15, 0.2) is 0 Å². The Morgan fingerprint density at radius 1 is 1.10 bits per heavy atom. The summed E-state index contributed by atoms with van der Waals surface area (Å²) in [4.78, 5) is 43.0. The van der Waals surface area contributed by atoms with Gasteiger partial charge < -0.3 is 10.2 Å². The van der Waals surface area contributed by atoms with E-state index >= 15 is 0 Å². The van der Waals surface area contributed by atoms with Gasteiger partial charge in [0.05, 0.1) is 24.2 Å². The number of carbonyl (C=O) groups excluding carboxylic acids is 2. The lowest BCUT2D eigenvalue weighted by molar-refractivity contribution is -0.134. The molecule has 1 saturated heterocycles. The van der Waals surface area contributed by atoms with Crippen molar-refractivity contribution in [3.63, 3.8) is 0 Å². The van der Waals surface area contributed by atoms with E-state index in [2.05, 4.69) is 15.4 Å². The van der Waals surface area contributed by atoms with Gasteiger partial charge in [0.25, 0.3) is 5.56 Å². The normalized spacial score (nSPS) is 14.5. The van der Waals surface area contributed by atoms with Crippen molar-refractivity contribution in [3.8, 4) is 0 Å². The topological polar surface area (TPSA) is 97.2 Å². The first-order chi connectivity index (χ1) is 15.0. The molecule has 0 atom stereocenters. The van der Waals surface area contributed by atoms with Crippen LogP contribution in [0.15, 0.2) is 53.6 Å². The van der Waals surface area contributed by atoms with Gasteiger partial charge in [-0.05, 0) is 30.5 Å². The standard InChI is InChI=1S/C23H25N5O3/c1-16(29)27-11-8-18(9-12-27)22(30)25-14-21-19-6-2-3-7-20(19)23(31)28(26-21)15-17-5-4-10-24-13-17/h2-7,10,13,18H,8-9,11-12,14-15H2,1H3,(H,25,30). The molecule has 1 fully saturated rings. The number of aromatic nitrogens is 3. The fourth-order valence-corrected chi connectivity index (χ4v) is 3.98. The van der Waals surface area contributed by atoms with E-state index < -0.39 is 0 Å². The van der Waals surface area contributed by atoms with E-state index in [1.54, 1.807) is 30.3 Å². The van der Waals surface area contributed by atoms with Crippen LogP contribution < -0.4 is 10.9 Å². The first kappa shape index (κ1) is 20.7. The van der Waals surface area contributed by atoms with Crippen LogP contribution in [0.2, 0.25) is 0 Å². The summed E-state index contributed by atoms with van der Waals surface area (Å²) < 4.78 is 1.42. The van der Waals surface area contributed by atoms with Gasteiger partial charge in [0.1, 0.15) is 0 Å². The maximum atomic E-state index is 12.9. The molecule has 3 aromatic rings. The van der Waals surface area contributed by atoms with Gasteiger partial charge in [-0.2, -0.15) is 5.10 Å². The summed E-state index contributed by atoms with van der Waals surface area (Å²) in [5, 5.41) is 8.85. The number of carbonyl (C=O) groups is 2. The molecule has 160 valence electrons. The van der Waals surface area contributed by atoms with Crippen molar-refractivity contribution in [2.24, 2.45) is 5.92 Å². The number of nitrogens with one attached hydrogen (secondary N) is 1. The third kappa shape index (κ3) is 4.63. The third-order valence-electron chi connectivity index (χ3n) is 5.74. The highest BCUT2D eigenvalue weighted by Crippen LogP contribution is 2.18. The molecule has 2 amide bonds. The summed E-state index contributed by atoms with van der Waals surface area (Å²) >= 11 is 0. The minimum absolute atomic E-state index is 0.0425. The van der Waals surface area contributed by atoms with E-state index in [0.717, 1.165) is 10.9 Å². The molecule has 0 bridgehead atoms. The maximum absolute atomic E-state index is 12.9. The van der Waals surface area contributed by atoms with Gasteiger partial charge in [-0.25, -0.2) is 4.68 Å². The summed E-state index contributed by atoms with van der Waals surface area (Å²) in [6, 6.07) is 11.0. The number of pyridine rings is 1. The smallest absolute Gasteiger partial charge is 0.274 e. The van der Waals surface area contributed by atoms with Crippen LogP contribution in [0.4, 0.5) is 0 Å². The monoisotopic (exact) mass is 419 g/mol. The molecular weight excluding hydrogens is 394 g/mol. The van der Waals surface area contributed by atoms with Crippen LogP contribution in [0.5, 0.6) is 0 Å². The highest BCUT2D eigenvalue weighted by atomic mass is 16.2.